The van der Waals surface area contributed by atoms with Gasteiger partial charge in [0, 0.05) is 6.54 Å². The molecule has 0 aromatic carbocycles. The van der Waals surface area contributed by atoms with Crippen LogP contribution in [0.5, 0.6) is 0 Å². The van der Waals surface area contributed by atoms with Gasteiger partial charge in [-0.05, 0) is 31.2 Å². The second kappa shape index (κ2) is 4.78. The topological polar surface area (TPSA) is 41.1 Å². The van der Waals surface area contributed by atoms with Crippen LogP contribution in [0, 0.1) is 5.41 Å². The van der Waals surface area contributed by atoms with E-state index in [-0.39, 0.29) is 11.9 Å². The minimum absolute atomic E-state index is 0.0247. The first-order valence-electron chi connectivity index (χ1n) is 5.50. The van der Waals surface area contributed by atoms with Gasteiger partial charge in [0.15, 0.2) is 0 Å². The molecule has 1 heterocycles. The zero-order valence-electron chi connectivity index (χ0n) is 9.52. The van der Waals surface area contributed by atoms with E-state index in [4.69, 9.17) is 0 Å². The summed E-state index contributed by atoms with van der Waals surface area (Å²) >= 11 is 0. The van der Waals surface area contributed by atoms with Crippen molar-refractivity contribution in [3.05, 3.63) is 0 Å². The Hall–Kier alpha value is -0.570. The first kappa shape index (κ1) is 11.5. The Morgan fingerprint density at radius 1 is 1.36 bits per heavy atom. The summed E-state index contributed by atoms with van der Waals surface area (Å²) in [4.78, 5) is 11.6. The molecule has 0 aromatic rings. The number of amides is 1. The van der Waals surface area contributed by atoms with Crippen molar-refractivity contribution >= 4 is 5.91 Å². The second-order valence-electron chi connectivity index (χ2n) is 5.25. The molecule has 2 N–H and O–H groups in total. The van der Waals surface area contributed by atoms with E-state index >= 15 is 0 Å². The van der Waals surface area contributed by atoms with E-state index in [0.29, 0.717) is 5.41 Å². The molecule has 3 heteroatoms. The lowest BCUT2D eigenvalue weighted by Gasteiger charge is -2.21. The highest BCUT2D eigenvalue weighted by Gasteiger charge is 2.22. The molecule has 1 unspecified atom stereocenters. The van der Waals surface area contributed by atoms with Gasteiger partial charge in [-0.1, -0.05) is 20.8 Å². The SMILES string of the molecule is CC(C)(C)CCC1NCCCNC1=O. The smallest absolute Gasteiger partial charge is 0.237 e. The van der Waals surface area contributed by atoms with Gasteiger partial charge in [0.05, 0.1) is 6.04 Å². The van der Waals surface area contributed by atoms with Gasteiger partial charge in [-0.3, -0.25) is 4.79 Å². The molecule has 0 spiro atoms. The van der Waals surface area contributed by atoms with Gasteiger partial charge in [0.2, 0.25) is 5.91 Å². The lowest BCUT2D eigenvalue weighted by atomic mass is 9.88. The van der Waals surface area contributed by atoms with Gasteiger partial charge in [0.25, 0.3) is 0 Å². The van der Waals surface area contributed by atoms with Crippen molar-refractivity contribution in [3.8, 4) is 0 Å². The van der Waals surface area contributed by atoms with E-state index < -0.39 is 0 Å². The Labute approximate surface area is 86.6 Å². The molecule has 1 aliphatic heterocycles. The van der Waals surface area contributed by atoms with Crippen molar-refractivity contribution in [1.82, 2.24) is 10.6 Å². The van der Waals surface area contributed by atoms with Crippen LogP contribution in [-0.2, 0) is 4.79 Å². The number of hydrogen-bond acceptors (Lipinski definition) is 2. The molecule has 0 aromatic heterocycles. The van der Waals surface area contributed by atoms with E-state index in [0.717, 1.165) is 32.4 Å². The first-order valence-corrected chi connectivity index (χ1v) is 5.50. The van der Waals surface area contributed by atoms with Gasteiger partial charge in [-0.25, -0.2) is 0 Å². The number of rotatable bonds is 2. The molecule has 14 heavy (non-hydrogen) atoms. The quantitative estimate of drug-likeness (QED) is 0.702. The highest BCUT2D eigenvalue weighted by Crippen LogP contribution is 2.21. The van der Waals surface area contributed by atoms with Crippen LogP contribution >= 0.6 is 0 Å². The molecule has 0 saturated carbocycles. The zero-order chi connectivity index (χ0) is 10.6. The van der Waals surface area contributed by atoms with E-state index in [1.165, 1.54) is 0 Å². The van der Waals surface area contributed by atoms with Crippen LogP contribution < -0.4 is 10.6 Å². The predicted octanol–water partition coefficient (Wildman–Crippen LogP) is 1.29. The fraction of sp³-hybridized carbons (Fsp3) is 0.909. The Balaban J connectivity index is 2.37. The maximum Gasteiger partial charge on any atom is 0.237 e. The largest absolute Gasteiger partial charge is 0.355 e. The predicted molar refractivity (Wildman–Crippen MR) is 58.1 cm³/mol. The summed E-state index contributed by atoms with van der Waals surface area (Å²) in [5.41, 5.74) is 0.314. The molecule has 1 amide bonds. The number of carbonyl (C=O) groups excluding carboxylic acids is 1. The van der Waals surface area contributed by atoms with Crippen LogP contribution in [0.15, 0.2) is 0 Å². The summed E-state index contributed by atoms with van der Waals surface area (Å²) in [7, 11) is 0. The minimum Gasteiger partial charge on any atom is -0.355 e. The van der Waals surface area contributed by atoms with Crippen LogP contribution in [0.3, 0.4) is 0 Å². The molecular formula is C11H22N2O. The van der Waals surface area contributed by atoms with Crippen LogP contribution in [0.2, 0.25) is 0 Å². The lowest BCUT2D eigenvalue weighted by molar-refractivity contribution is -0.122. The van der Waals surface area contributed by atoms with Crippen LogP contribution in [-0.4, -0.2) is 25.0 Å². The minimum atomic E-state index is 0.0247. The number of carbonyl (C=O) groups is 1. The standard InChI is InChI=1S/C11H22N2O/c1-11(2,3)6-5-9-10(14)13-8-4-7-12-9/h9,12H,4-8H2,1-3H3,(H,13,14). The fourth-order valence-corrected chi connectivity index (χ4v) is 1.60. The summed E-state index contributed by atoms with van der Waals surface area (Å²) in [5.74, 6) is 0.173. The third-order valence-electron chi connectivity index (χ3n) is 2.54. The Kier molecular flexibility index (Phi) is 3.93. The van der Waals surface area contributed by atoms with Crippen molar-refractivity contribution in [2.75, 3.05) is 13.1 Å². The third-order valence-corrected chi connectivity index (χ3v) is 2.54. The molecule has 1 saturated heterocycles. The van der Waals surface area contributed by atoms with Gasteiger partial charge >= 0.3 is 0 Å². The number of hydrogen-bond donors (Lipinski definition) is 2. The second-order valence-corrected chi connectivity index (χ2v) is 5.25. The lowest BCUT2D eigenvalue weighted by Crippen LogP contribution is -2.41. The van der Waals surface area contributed by atoms with Crippen LogP contribution in [0.4, 0.5) is 0 Å². The molecule has 1 fully saturated rings. The summed E-state index contributed by atoms with van der Waals surface area (Å²) in [6, 6.07) is 0.0247. The van der Waals surface area contributed by atoms with E-state index in [1.54, 1.807) is 0 Å². The van der Waals surface area contributed by atoms with Crippen molar-refractivity contribution < 1.29 is 4.79 Å². The average molecular weight is 198 g/mol. The highest BCUT2D eigenvalue weighted by molar-refractivity contribution is 5.81. The molecule has 1 aliphatic rings. The van der Waals surface area contributed by atoms with Gasteiger partial charge in [0.1, 0.15) is 0 Å². The van der Waals surface area contributed by atoms with Crippen molar-refractivity contribution in [2.24, 2.45) is 5.41 Å². The van der Waals surface area contributed by atoms with Gasteiger partial charge < -0.3 is 10.6 Å². The monoisotopic (exact) mass is 198 g/mol. The Morgan fingerprint density at radius 2 is 2.07 bits per heavy atom. The van der Waals surface area contributed by atoms with Crippen LogP contribution in [0.25, 0.3) is 0 Å². The molecule has 1 atom stereocenters. The zero-order valence-corrected chi connectivity index (χ0v) is 9.52. The summed E-state index contributed by atoms with van der Waals surface area (Å²) in [5, 5.41) is 6.22. The maximum absolute atomic E-state index is 11.6. The van der Waals surface area contributed by atoms with E-state index in [2.05, 4.69) is 31.4 Å². The molecular weight excluding hydrogens is 176 g/mol. The number of nitrogens with one attached hydrogen (secondary N) is 2. The normalized spacial score (nSPS) is 24.2. The highest BCUT2D eigenvalue weighted by atomic mass is 16.2. The molecule has 82 valence electrons. The van der Waals surface area contributed by atoms with Crippen molar-refractivity contribution in [2.45, 2.75) is 46.1 Å². The molecule has 0 bridgehead atoms. The Morgan fingerprint density at radius 3 is 2.71 bits per heavy atom. The molecule has 0 radical (unpaired) electrons. The third kappa shape index (κ3) is 4.09. The van der Waals surface area contributed by atoms with E-state index in [1.807, 2.05) is 0 Å². The fourth-order valence-electron chi connectivity index (χ4n) is 1.60. The van der Waals surface area contributed by atoms with E-state index in [9.17, 15) is 4.79 Å². The molecule has 3 nitrogen and oxygen atoms in total. The molecule has 1 rings (SSSR count). The molecule has 0 aliphatic carbocycles. The average Bonchev–Trinajstić information content (AvgIpc) is 2.25. The summed E-state index contributed by atoms with van der Waals surface area (Å²) < 4.78 is 0. The van der Waals surface area contributed by atoms with Crippen molar-refractivity contribution in [1.29, 1.82) is 0 Å². The Bertz CT molecular complexity index is 196. The van der Waals surface area contributed by atoms with Crippen LogP contribution in [0.1, 0.15) is 40.0 Å². The first-order chi connectivity index (χ1) is 6.49. The van der Waals surface area contributed by atoms with Crippen molar-refractivity contribution in [3.63, 3.8) is 0 Å². The summed E-state index contributed by atoms with van der Waals surface area (Å²) in [6.45, 7) is 8.40. The van der Waals surface area contributed by atoms with Gasteiger partial charge in [-0.2, -0.15) is 0 Å². The summed E-state index contributed by atoms with van der Waals surface area (Å²) in [6.07, 6.45) is 3.06. The maximum atomic E-state index is 11.6. The van der Waals surface area contributed by atoms with Gasteiger partial charge in [-0.15, -0.1) is 0 Å².